The second kappa shape index (κ2) is 5.57. The molecule has 1 heterocycles. The second-order valence-corrected chi connectivity index (χ2v) is 7.03. The molecule has 0 radical (unpaired) electrons. The number of aromatic nitrogens is 4. The fraction of sp³-hybridized carbons (Fsp3) is 0.929. The van der Waals surface area contributed by atoms with Gasteiger partial charge in [0.15, 0.2) is 5.82 Å². The number of nitrogens with two attached hydrogens (primary N) is 1. The summed E-state index contributed by atoms with van der Waals surface area (Å²) in [6.07, 6.45) is 4.70. The van der Waals surface area contributed by atoms with Crippen molar-refractivity contribution in [2.24, 2.45) is 36.0 Å². The van der Waals surface area contributed by atoms with Crippen LogP contribution in [0.25, 0.3) is 0 Å². The van der Waals surface area contributed by atoms with Gasteiger partial charge in [0.25, 0.3) is 0 Å². The zero-order valence-electron chi connectivity index (χ0n) is 12.6. The van der Waals surface area contributed by atoms with E-state index in [1.807, 2.05) is 7.05 Å². The molecule has 0 spiro atoms. The molecule has 0 bridgehead atoms. The lowest BCUT2D eigenvalue weighted by Crippen LogP contribution is -2.36. The molecule has 3 unspecified atom stereocenters. The van der Waals surface area contributed by atoms with Crippen LogP contribution >= 0.6 is 0 Å². The Kier molecular flexibility index (Phi) is 4.23. The first kappa shape index (κ1) is 14.4. The van der Waals surface area contributed by atoms with Crippen molar-refractivity contribution < 1.29 is 0 Å². The fourth-order valence-corrected chi connectivity index (χ4v) is 3.31. The summed E-state index contributed by atoms with van der Waals surface area (Å²) in [5.74, 6) is 2.85. The maximum Gasteiger partial charge on any atom is 0.175 e. The van der Waals surface area contributed by atoms with Gasteiger partial charge in [-0.15, -0.1) is 10.2 Å². The molecule has 0 amide bonds. The first-order chi connectivity index (χ1) is 8.90. The number of nitrogens with zero attached hydrogens (tertiary/aromatic N) is 4. The van der Waals surface area contributed by atoms with Crippen molar-refractivity contribution in [2.45, 2.75) is 46.5 Å². The van der Waals surface area contributed by atoms with Crippen molar-refractivity contribution in [1.29, 1.82) is 0 Å². The van der Waals surface area contributed by atoms with E-state index in [2.05, 4.69) is 36.2 Å². The topological polar surface area (TPSA) is 69.6 Å². The Morgan fingerprint density at radius 1 is 1.26 bits per heavy atom. The van der Waals surface area contributed by atoms with Crippen LogP contribution < -0.4 is 5.73 Å². The van der Waals surface area contributed by atoms with Gasteiger partial charge in [0, 0.05) is 6.42 Å². The van der Waals surface area contributed by atoms with Crippen molar-refractivity contribution in [3.8, 4) is 0 Å². The van der Waals surface area contributed by atoms with Crippen LogP contribution in [-0.4, -0.2) is 26.8 Å². The minimum absolute atomic E-state index is 0.383. The first-order valence-corrected chi connectivity index (χ1v) is 7.33. The number of aryl methyl sites for hydroxylation is 1. The summed E-state index contributed by atoms with van der Waals surface area (Å²) in [7, 11) is 1.82. The Balaban J connectivity index is 2.05. The van der Waals surface area contributed by atoms with Gasteiger partial charge in [-0.3, -0.25) is 0 Å². The highest BCUT2D eigenvalue weighted by Gasteiger charge is 2.35. The normalized spacial score (nSPS) is 28.6. The molecule has 19 heavy (non-hydrogen) atoms. The second-order valence-electron chi connectivity index (χ2n) is 7.03. The van der Waals surface area contributed by atoms with Crippen LogP contribution in [0, 0.1) is 23.2 Å². The monoisotopic (exact) mass is 265 g/mol. The van der Waals surface area contributed by atoms with Gasteiger partial charge in [-0.25, -0.2) is 0 Å². The molecule has 1 aromatic heterocycles. The van der Waals surface area contributed by atoms with Gasteiger partial charge in [-0.05, 0) is 54.2 Å². The summed E-state index contributed by atoms with van der Waals surface area (Å²) in [6, 6.07) is 0. The Bertz CT molecular complexity index is 406. The SMILES string of the molecule is Cn1nnc(CC2CC(C(C)(C)C)CCC2CN)n1. The van der Waals surface area contributed by atoms with E-state index in [9.17, 15) is 0 Å². The molecule has 1 fully saturated rings. The Morgan fingerprint density at radius 2 is 2.00 bits per heavy atom. The molecule has 2 N–H and O–H groups in total. The van der Waals surface area contributed by atoms with Crippen LogP contribution in [0.4, 0.5) is 0 Å². The molecule has 2 rings (SSSR count). The lowest BCUT2D eigenvalue weighted by atomic mass is 9.65. The van der Waals surface area contributed by atoms with E-state index in [0.717, 1.165) is 24.7 Å². The maximum atomic E-state index is 5.95. The largest absolute Gasteiger partial charge is 0.330 e. The molecule has 0 aromatic carbocycles. The fourth-order valence-electron chi connectivity index (χ4n) is 3.31. The summed E-state index contributed by atoms with van der Waals surface area (Å²) in [6.45, 7) is 7.82. The third-order valence-corrected chi connectivity index (χ3v) is 4.66. The van der Waals surface area contributed by atoms with E-state index in [-0.39, 0.29) is 0 Å². The highest BCUT2D eigenvalue weighted by Crippen LogP contribution is 2.43. The molecule has 5 nitrogen and oxygen atoms in total. The molecule has 1 aliphatic carbocycles. The summed E-state index contributed by atoms with van der Waals surface area (Å²) >= 11 is 0. The minimum Gasteiger partial charge on any atom is -0.330 e. The van der Waals surface area contributed by atoms with Crippen LogP contribution in [0.2, 0.25) is 0 Å². The van der Waals surface area contributed by atoms with E-state index in [1.165, 1.54) is 24.1 Å². The molecule has 3 atom stereocenters. The van der Waals surface area contributed by atoms with Crippen molar-refractivity contribution in [2.75, 3.05) is 6.54 Å². The average Bonchev–Trinajstić information content (AvgIpc) is 2.73. The number of tetrazole rings is 1. The Morgan fingerprint density at radius 3 is 2.53 bits per heavy atom. The van der Waals surface area contributed by atoms with Gasteiger partial charge in [-0.1, -0.05) is 20.8 Å². The molecular weight excluding hydrogens is 238 g/mol. The molecule has 0 aliphatic heterocycles. The van der Waals surface area contributed by atoms with E-state index in [4.69, 9.17) is 5.73 Å². The van der Waals surface area contributed by atoms with Crippen LogP contribution in [0.5, 0.6) is 0 Å². The predicted molar refractivity (Wildman–Crippen MR) is 75.3 cm³/mol. The molecule has 0 saturated heterocycles. The lowest BCUT2D eigenvalue weighted by Gasteiger charge is -2.41. The summed E-state index contributed by atoms with van der Waals surface area (Å²) < 4.78 is 0. The quantitative estimate of drug-likeness (QED) is 0.904. The predicted octanol–water partition coefficient (Wildman–Crippen LogP) is 1.79. The Hall–Kier alpha value is -0.970. The van der Waals surface area contributed by atoms with Crippen molar-refractivity contribution in [3.63, 3.8) is 0 Å². The van der Waals surface area contributed by atoms with Crippen LogP contribution in [0.3, 0.4) is 0 Å². The number of hydrogen-bond acceptors (Lipinski definition) is 4. The maximum absolute atomic E-state index is 5.95. The molecule has 5 heteroatoms. The zero-order chi connectivity index (χ0) is 14.0. The Labute approximate surface area is 115 Å². The summed E-state index contributed by atoms with van der Waals surface area (Å²) in [5, 5.41) is 12.4. The van der Waals surface area contributed by atoms with Crippen LogP contribution in [0.15, 0.2) is 0 Å². The molecule has 1 saturated carbocycles. The van der Waals surface area contributed by atoms with E-state index in [0.29, 0.717) is 17.3 Å². The molecule has 1 aliphatic rings. The van der Waals surface area contributed by atoms with Crippen molar-refractivity contribution in [3.05, 3.63) is 5.82 Å². The van der Waals surface area contributed by atoms with Gasteiger partial charge in [0.05, 0.1) is 7.05 Å². The van der Waals surface area contributed by atoms with E-state index >= 15 is 0 Å². The summed E-state index contributed by atoms with van der Waals surface area (Å²) in [5.41, 5.74) is 6.33. The number of hydrogen-bond donors (Lipinski definition) is 1. The zero-order valence-corrected chi connectivity index (χ0v) is 12.6. The molecule has 108 valence electrons. The highest BCUT2D eigenvalue weighted by molar-refractivity contribution is 4.91. The lowest BCUT2D eigenvalue weighted by molar-refractivity contribution is 0.1000. The van der Waals surface area contributed by atoms with Crippen molar-refractivity contribution >= 4 is 0 Å². The molecule has 1 aromatic rings. The van der Waals surface area contributed by atoms with Crippen LogP contribution in [0.1, 0.15) is 45.9 Å². The molecular formula is C14H27N5. The van der Waals surface area contributed by atoms with Crippen molar-refractivity contribution in [1.82, 2.24) is 20.2 Å². The van der Waals surface area contributed by atoms with Gasteiger partial charge in [-0.2, -0.15) is 4.80 Å². The van der Waals surface area contributed by atoms with E-state index in [1.54, 1.807) is 0 Å². The highest BCUT2D eigenvalue weighted by atomic mass is 15.6. The van der Waals surface area contributed by atoms with Gasteiger partial charge in [0.1, 0.15) is 0 Å². The third-order valence-electron chi connectivity index (χ3n) is 4.66. The van der Waals surface area contributed by atoms with Gasteiger partial charge < -0.3 is 5.73 Å². The van der Waals surface area contributed by atoms with Gasteiger partial charge >= 0.3 is 0 Å². The third kappa shape index (κ3) is 3.53. The first-order valence-electron chi connectivity index (χ1n) is 7.33. The number of rotatable bonds is 3. The minimum atomic E-state index is 0.383. The van der Waals surface area contributed by atoms with E-state index < -0.39 is 0 Å². The van der Waals surface area contributed by atoms with Crippen LogP contribution in [-0.2, 0) is 13.5 Å². The average molecular weight is 265 g/mol. The smallest absolute Gasteiger partial charge is 0.175 e. The summed E-state index contributed by atoms with van der Waals surface area (Å²) in [4.78, 5) is 1.54. The van der Waals surface area contributed by atoms with Gasteiger partial charge in [0.2, 0.25) is 0 Å². The standard InChI is InChI=1S/C14H27N5/c1-14(2,3)12-6-5-10(9-15)11(7-12)8-13-16-18-19(4)17-13/h10-12H,5-9,15H2,1-4H3.